The maximum Gasteiger partial charge on any atom is 0.329 e. The molecule has 3 N–H and O–H groups in total. The Balaban J connectivity index is 1.92. The molecule has 0 saturated carbocycles. The minimum absolute atomic E-state index is 0.106. The van der Waals surface area contributed by atoms with Crippen LogP contribution in [0.2, 0.25) is 0 Å². The average Bonchev–Trinajstić information content (AvgIpc) is 2.63. The van der Waals surface area contributed by atoms with Crippen molar-refractivity contribution >= 4 is 18.0 Å². The van der Waals surface area contributed by atoms with Crippen LogP contribution in [-0.2, 0) is 9.59 Å². The van der Waals surface area contributed by atoms with Crippen LogP contribution in [0.4, 0.5) is 0 Å². The maximum atomic E-state index is 11.9. The van der Waals surface area contributed by atoms with Gasteiger partial charge in [0.15, 0.2) is 11.5 Å². The van der Waals surface area contributed by atoms with Crippen molar-refractivity contribution in [1.82, 2.24) is 10.7 Å². The third kappa shape index (κ3) is 4.81. The van der Waals surface area contributed by atoms with E-state index in [4.69, 9.17) is 4.74 Å². The van der Waals surface area contributed by atoms with Crippen molar-refractivity contribution in [2.75, 3.05) is 7.11 Å². The summed E-state index contributed by atoms with van der Waals surface area (Å²) < 4.78 is 4.97. The fourth-order valence-electron chi connectivity index (χ4n) is 2.11. The van der Waals surface area contributed by atoms with Crippen molar-refractivity contribution in [2.24, 2.45) is 5.10 Å². The molecule has 0 unspecified atom stereocenters. The number of hydrogen-bond acceptors (Lipinski definition) is 5. The van der Waals surface area contributed by atoms with Gasteiger partial charge in [-0.05, 0) is 24.6 Å². The van der Waals surface area contributed by atoms with Crippen molar-refractivity contribution in [3.8, 4) is 11.5 Å². The van der Waals surface area contributed by atoms with E-state index in [1.807, 2.05) is 30.3 Å². The van der Waals surface area contributed by atoms with Gasteiger partial charge < -0.3 is 15.2 Å². The maximum absolute atomic E-state index is 11.9. The Labute approximate surface area is 145 Å². The fraction of sp³-hybridized carbons (Fsp3) is 0.167. The first-order valence-corrected chi connectivity index (χ1v) is 7.57. The Morgan fingerprint density at radius 2 is 1.84 bits per heavy atom. The minimum atomic E-state index is -0.901. The molecular formula is C18H19N3O4. The molecule has 2 amide bonds. The van der Waals surface area contributed by atoms with Crippen LogP contribution in [0.3, 0.4) is 0 Å². The van der Waals surface area contributed by atoms with Crippen LogP contribution in [-0.4, -0.2) is 30.2 Å². The molecule has 0 bridgehead atoms. The number of carbonyl (C=O) groups excluding carboxylic acids is 2. The number of nitrogens with zero attached hydrogens (tertiary/aromatic N) is 1. The SMILES string of the molecule is COc1cccc(/C=N/NC(=O)C(=O)N[C@H](C)c2ccccc2)c1O. The topological polar surface area (TPSA) is 100 Å². The van der Waals surface area contributed by atoms with Crippen molar-refractivity contribution in [1.29, 1.82) is 0 Å². The summed E-state index contributed by atoms with van der Waals surface area (Å²) in [5.41, 5.74) is 3.35. The smallest absolute Gasteiger partial charge is 0.329 e. The van der Waals surface area contributed by atoms with E-state index >= 15 is 0 Å². The third-order valence-corrected chi connectivity index (χ3v) is 3.47. The van der Waals surface area contributed by atoms with Crippen LogP contribution in [0, 0.1) is 0 Å². The van der Waals surface area contributed by atoms with Crippen molar-refractivity contribution in [3.05, 3.63) is 59.7 Å². The highest BCUT2D eigenvalue weighted by molar-refractivity contribution is 6.35. The molecule has 0 heterocycles. The zero-order chi connectivity index (χ0) is 18.2. The van der Waals surface area contributed by atoms with E-state index in [1.165, 1.54) is 13.3 Å². The second-order valence-electron chi connectivity index (χ2n) is 5.20. The second kappa shape index (κ2) is 8.49. The number of aromatic hydroxyl groups is 1. The largest absolute Gasteiger partial charge is 0.504 e. The normalized spacial score (nSPS) is 11.8. The lowest BCUT2D eigenvalue weighted by Gasteiger charge is -2.13. The van der Waals surface area contributed by atoms with Gasteiger partial charge in [-0.15, -0.1) is 0 Å². The molecule has 0 spiro atoms. The Bertz CT molecular complexity index is 775. The van der Waals surface area contributed by atoms with Gasteiger partial charge in [0.2, 0.25) is 0 Å². The van der Waals surface area contributed by atoms with E-state index in [0.717, 1.165) is 5.56 Å². The summed E-state index contributed by atoms with van der Waals surface area (Å²) in [6.07, 6.45) is 1.23. The number of hydrogen-bond donors (Lipinski definition) is 3. The van der Waals surface area contributed by atoms with Crippen LogP contribution in [0.15, 0.2) is 53.6 Å². The Hall–Kier alpha value is -3.35. The molecule has 0 aromatic heterocycles. The standard InChI is InChI=1S/C18H19N3O4/c1-12(13-7-4-3-5-8-13)20-17(23)18(24)21-19-11-14-9-6-10-15(25-2)16(14)22/h3-12,22H,1-2H3,(H,20,23)(H,21,24)/b19-11+/t12-/m1/s1. The first-order chi connectivity index (χ1) is 12.0. The lowest BCUT2D eigenvalue weighted by atomic mass is 10.1. The number of ether oxygens (including phenoxy) is 1. The van der Waals surface area contributed by atoms with Gasteiger partial charge in [0.25, 0.3) is 0 Å². The number of hydrazone groups is 1. The zero-order valence-electron chi connectivity index (χ0n) is 13.9. The molecule has 0 radical (unpaired) electrons. The van der Waals surface area contributed by atoms with Gasteiger partial charge in [0.1, 0.15) is 0 Å². The monoisotopic (exact) mass is 341 g/mol. The van der Waals surface area contributed by atoms with Gasteiger partial charge in [-0.25, -0.2) is 5.43 Å². The third-order valence-electron chi connectivity index (χ3n) is 3.47. The lowest BCUT2D eigenvalue weighted by molar-refractivity contribution is -0.139. The highest BCUT2D eigenvalue weighted by Crippen LogP contribution is 2.27. The number of amides is 2. The van der Waals surface area contributed by atoms with Crippen molar-refractivity contribution in [2.45, 2.75) is 13.0 Å². The number of nitrogens with one attached hydrogen (secondary N) is 2. The van der Waals surface area contributed by atoms with Crippen LogP contribution >= 0.6 is 0 Å². The van der Waals surface area contributed by atoms with Gasteiger partial charge in [-0.2, -0.15) is 5.10 Å². The van der Waals surface area contributed by atoms with Gasteiger partial charge in [0, 0.05) is 5.56 Å². The summed E-state index contributed by atoms with van der Waals surface area (Å²) >= 11 is 0. The molecule has 1 atom stereocenters. The molecule has 0 aliphatic heterocycles. The quantitative estimate of drug-likeness (QED) is 0.438. The van der Waals surface area contributed by atoms with E-state index in [9.17, 15) is 14.7 Å². The first-order valence-electron chi connectivity index (χ1n) is 7.57. The predicted octanol–water partition coefficient (Wildman–Crippen LogP) is 1.73. The number of carbonyl (C=O) groups is 2. The van der Waals surface area contributed by atoms with Gasteiger partial charge >= 0.3 is 11.8 Å². The molecule has 25 heavy (non-hydrogen) atoms. The van der Waals surface area contributed by atoms with E-state index in [0.29, 0.717) is 5.56 Å². The summed E-state index contributed by atoms with van der Waals surface area (Å²) in [6.45, 7) is 1.78. The number of phenolic OH excluding ortho intramolecular Hbond substituents is 1. The molecule has 0 aliphatic rings. The number of rotatable bonds is 5. The lowest BCUT2D eigenvalue weighted by Crippen LogP contribution is -2.39. The Morgan fingerprint density at radius 1 is 1.12 bits per heavy atom. The number of methoxy groups -OCH3 is 1. The van der Waals surface area contributed by atoms with E-state index in [2.05, 4.69) is 15.8 Å². The summed E-state index contributed by atoms with van der Waals surface area (Å²) in [7, 11) is 1.43. The van der Waals surface area contributed by atoms with Gasteiger partial charge in [-0.1, -0.05) is 36.4 Å². The summed E-state index contributed by atoms with van der Waals surface area (Å²) in [4.78, 5) is 23.7. The second-order valence-corrected chi connectivity index (χ2v) is 5.20. The van der Waals surface area contributed by atoms with Crippen LogP contribution in [0.25, 0.3) is 0 Å². The van der Waals surface area contributed by atoms with Crippen molar-refractivity contribution in [3.63, 3.8) is 0 Å². The molecule has 2 rings (SSSR count). The Morgan fingerprint density at radius 3 is 2.52 bits per heavy atom. The van der Waals surface area contributed by atoms with E-state index < -0.39 is 11.8 Å². The molecule has 2 aromatic rings. The zero-order valence-corrected chi connectivity index (χ0v) is 13.9. The fourth-order valence-corrected chi connectivity index (χ4v) is 2.11. The van der Waals surface area contributed by atoms with E-state index in [1.54, 1.807) is 25.1 Å². The van der Waals surface area contributed by atoms with E-state index in [-0.39, 0.29) is 17.5 Å². The molecule has 2 aromatic carbocycles. The molecule has 7 heteroatoms. The number of phenols is 1. The van der Waals surface area contributed by atoms with Gasteiger partial charge in [-0.3, -0.25) is 9.59 Å². The van der Waals surface area contributed by atoms with Crippen LogP contribution in [0.5, 0.6) is 11.5 Å². The van der Waals surface area contributed by atoms with Gasteiger partial charge in [0.05, 0.1) is 19.4 Å². The molecule has 7 nitrogen and oxygen atoms in total. The number of para-hydroxylation sites is 1. The predicted molar refractivity (Wildman–Crippen MR) is 93.4 cm³/mol. The number of benzene rings is 2. The van der Waals surface area contributed by atoms with Crippen molar-refractivity contribution < 1.29 is 19.4 Å². The highest BCUT2D eigenvalue weighted by Gasteiger charge is 2.16. The summed E-state index contributed by atoms with van der Waals surface area (Å²) in [5, 5.41) is 16.2. The summed E-state index contributed by atoms with van der Waals surface area (Å²) in [5.74, 6) is -1.53. The average molecular weight is 341 g/mol. The molecule has 130 valence electrons. The van der Waals surface area contributed by atoms with Crippen LogP contribution in [0.1, 0.15) is 24.1 Å². The molecule has 0 saturated heterocycles. The molecule has 0 fully saturated rings. The molecule has 0 aliphatic carbocycles. The Kier molecular flexibility index (Phi) is 6.11. The highest BCUT2D eigenvalue weighted by atomic mass is 16.5. The molecular weight excluding hydrogens is 322 g/mol. The minimum Gasteiger partial charge on any atom is -0.504 e. The summed E-state index contributed by atoms with van der Waals surface area (Å²) in [6, 6.07) is 13.8. The van der Waals surface area contributed by atoms with Crippen LogP contribution < -0.4 is 15.5 Å². The first kappa shape index (κ1) is 18.0.